The number of carbonyl (C=O) groups is 1. The molecule has 0 radical (unpaired) electrons. The van der Waals surface area contributed by atoms with E-state index in [-0.39, 0.29) is 18.9 Å². The Morgan fingerprint density at radius 3 is 2.56 bits per heavy atom. The van der Waals surface area contributed by atoms with Gasteiger partial charge in [0.15, 0.2) is 0 Å². The van der Waals surface area contributed by atoms with Crippen LogP contribution in [0.5, 0.6) is 0 Å². The van der Waals surface area contributed by atoms with Gasteiger partial charge in [0, 0.05) is 18.7 Å². The van der Waals surface area contributed by atoms with Crippen molar-refractivity contribution in [2.45, 2.75) is 20.3 Å². The number of anilines is 1. The molecule has 0 aromatic heterocycles. The molecule has 0 aliphatic rings. The smallest absolute Gasteiger partial charge is 0.225 e. The van der Waals surface area contributed by atoms with Gasteiger partial charge in [0.1, 0.15) is 0 Å². The van der Waals surface area contributed by atoms with Crippen LogP contribution in [-0.2, 0) is 14.8 Å². The predicted octanol–water partition coefficient (Wildman–Crippen LogP) is 1.18. The van der Waals surface area contributed by atoms with Crippen LogP contribution in [0.2, 0.25) is 0 Å². The minimum Gasteiger partial charge on any atom is -0.326 e. The summed E-state index contributed by atoms with van der Waals surface area (Å²) < 4.78 is 23.9. The highest BCUT2D eigenvalue weighted by atomic mass is 32.2. The summed E-state index contributed by atoms with van der Waals surface area (Å²) in [6.07, 6.45) is 1.18. The quantitative estimate of drug-likeness (QED) is 0.843. The third kappa shape index (κ3) is 5.29. The summed E-state index contributed by atoms with van der Waals surface area (Å²) in [6.45, 7) is 3.96. The van der Waals surface area contributed by atoms with Gasteiger partial charge in [-0.25, -0.2) is 13.1 Å². The molecule has 0 heterocycles. The van der Waals surface area contributed by atoms with E-state index in [9.17, 15) is 13.2 Å². The molecule has 0 aliphatic heterocycles. The van der Waals surface area contributed by atoms with Gasteiger partial charge in [-0.15, -0.1) is 0 Å². The van der Waals surface area contributed by atoms with E-state index in [0.717, 1.165) is 23.1 Å². The number of benzene rings is 1. The van der Waals surface area contributed by atoms with E-state index in [4.69, 9.17) is 0 Å². The zero-order valence-electron chi connectivity index (χ0n) is 10.8. The SMILES string of the molecule is Cc1ccc(C)c(NC(=O)CCNS(C)(=O)=O)c1. The number of aryl methyl sites for hydroxylation is 2. The van der Waals surface area contributed by atoms with Crippen LogP contribution in [0.15, 0.2) is 18.2 Å². The van der Waals surface area contributed by atoms with Crippen LogP contribution in [0.1, 0.15) is 17.5 Å². The van der Waals surface area contributed by atoms with Gasteiger partial charge in [-0.1, -0.05) is 12.1 Å². The van der Waals surface area contributed by atoms with E-state index in [1.807, 2.05) is 32.0 Å². The second-order valence-corrected chi connectivity index (χ2v) is 6.12. The van der Waals surface area contributed by atoms with Crippen molar-refractivity contribution in [3.63, 3.8) is 0 Å². The first-order chi connectivity index (χ1) is 8.28. The molecule has 0 aliphatic carbocycles. The van der Waals surface area contributed by atoms with Gasteiger partial charge in [0.05, 0.1) is 6.26 Å². The molecule has 2 N–H and O–H groups in total. The summed E-state index contributed by atoms with van der Waals surface area (Å²) in [6, 6.07) is 5.78. The van der Waals surface area contributed by atoms with Crippen molar-refractivity contribution in [1.82, 2.24) is 4.72 Å². The first kappa shape index (κ1) is 14.7. The maximum atomic E-state index is 11.6. The second-order valence-electron chi connectivity index (χ2n) is 4.28. The summed E-state index contributed by atoms with van der Waals surface area (Å²) >= 11 is 0. The Bertz CT molecular complexity index is 538. The number of sulfonamides is 1. The average molecular weight is 270 g/mol. The third-order valence-corrected chi connectivity index (χ3v) is 3.11. The summed E-state index contributed by atoms with van der Waals surface area (Å²) in [4.78, 5) is 11.6. The summed E-state index contributed by atoms with van der Waals surface area (Å²) in [7, 11) is -3.24. The number of nitrogens with one attached hydrogen (secondary N) is 2. The maximum absolute atomic E-state index is 11.6. The molecule has 1 aromatic carbocycles. The lowest BCUT2D eigenvalue weighted by Crippen LogP contribution is -2.26. The lowest BCUT2D eigenvalue weighted by Gasteiger charge is -2.09. The number of carbonyl (C=O) groups excluding carboxylic acids is 1. The Labute approximate surface area is 108 Å². The fourth-order valence-corrected chi connectivity index (χ4v) is 1.91. The predicted molar refractivity (Wildman–Crippen MR) is 72.0 cm³/mol. The van der Waals surface area contributed by atoms with Crippen LogP contribution in [0.25, 0.3) is 0 Å². The topological polar surface area (TPSA) is 75.3 Å². The Hall–Kier alpha value is -1.40. The standard InChI is InChI=1S/C12H18N2O3S/c1-9-4-5-10(2)11(8-9)14-12(15)6-7-13-18(3,16)17/h4-5,8,13H,6-7H2,1-3H3,(H,14,15). The average Bonchev–Trinajstić information content (AvgIpc) is 2.21. The molecule has 5 nitrogen and oxygen atoms in total. The largest absolute Gasteiger partial charge is 0.326 e. The number of rotatable bonds is 5. The lowest BCUT2D eigenvalue weighted by molar-refractivity contribution is -0.116. The molecule has 0 spiro atoms. The molecule has 0 fully saturated rings. The van der Waals surface area contributed by atoms with Gasteiger partial charge in [0.25, 0.3) is 0 Å². The van der Waals surface area contributed by atoms with Gasteiger partial charge in [-0.2, -0.15) is 0 Å². The molecule has 1 aromatic rings. The number of hydrogen-bond donors (Lipinski definition) is 2. The molecular weight excluding hydrogens is 252 g/mol. The molecule has 0 atom stereocenters. The van der Waals surface area contributed by atoms with Crippen molar-refractivity contribution in [3.05, 3.63) is 29.3 Å². The van der Waals surface area contributed by atoms with Crippen molar-refractivity contribution in [2.24, 2.45) is 0 Å². The highest BCUT2D eigenvalue weighted by Crippen LogP contribution is 2.16. The maximum Gasteiger partial charge on any atom is 0.225 e. The van der Waals surface area contributed by atoms with Crippen molar-refractivity contribution >= 4 is 21.6 Å². The monoisotopic (exact) mass is 270 g/mol. The lowest BCUT2D eigenvalue weighted by atomic mass is 10.1. The summed E-state index contributed by atoms with van der Waals surface area (Å²) in [5, 5.41) is 2.76. The van der Waals surface area contributed by atoms with Crippen LogP contribution in [0.3, 0.4) is 0 Å². The van der Waals surface area contributed by atoms with Crippen molar-refractivity contribution < 1.29 is 13.2 Å². The second kappa shape index (κ2) is 5.97. The molecular formula is C12H18N2O3S. The Morgan fingerprint density at radius 1 is 1.28 bits per heavy atom. The van der Waals surface area contributed by atoms with Crippen LogP contribution in [0, 0.1) is 13.8 Å². The van der Waals surface area contributed by atoms with Crippen LogP contribution in [-0.4, -0.2) is 27.1 Å². The fourth-order valence-electron chi connectivity index (χ4n) is 1.43. The van der Waals surface area contributed by atoms with E-state index < -0.39 is 10.0 Å². The molecule has 6 heteroatoms. The molecule has 0 bridgehead atoms. The molecule has 0 saturated carbocycles. The van der Waals surface area contributed by atoms with E-state index in [1.165, 1.54) is 0 Å². The van der Waals surface area contributed by atoms with Crippen molar-refractivity contribution in [2.75, 3.05) is 18.1 Å². The minimum absolute atomic E-state index is 0.107. The molecule has 1 rings (SSSR count). The summed E-state index contributed by atoms with van der Waals surface area (Å²) in [5.74, 6) is -0.208. The minimum atomic E-state index is -3.24. The third-order valence-electron chi connectivity index (χ3n) is 2.38. The molecule has 18 heavy (non-hydrogen) atoms. The van der Waals surface area contributed by atoms with Crippen molar-refractivity contribution in [3.8, 4) is 0 Å². The Morgan fingerprint density at radius 2 is 1.94 bits per heavy atom. The first-order valence-corrected chi connectivity index (χ1v) is 7.49. The van der Waals surface area contributed by atoms with Crippen molar-refractivity contribution in [1.29, 1.82) is 0 Å². The normalized spacial score (nSPS) is 11.3. The molecule has 1 amide bonds. The highest BCUT2D eigenvalue weighted by molar-refractivity contribution is 7.88. The van der Waals surface area contributed by atoms with E-state index in [2.05, 4.69) is 10.0 Å². The molecule has 100 valence electrons. The number of amides is 1. The van der Waals surface area contributed by atoms with E-state index in [0.29, 0.717) is 0 Å². The Kier molecular flexibility index (Phi) is 4.86. The van der Waals surface area contributed by atoms with Gasteiger partial charge in [-0.05, 0) is 31.0 Å². The van der Waals surface area contributed by atoms with Gasteiger partial charge in [-0.3, -0.25) is 4.79 Å². The van der Waals surface area contributed by atoms with Crippen LogP contribution in [0.4, 0.5) is 5.69 Å². The van der Waals surface area contributed by atoms with E-state index >= 15 is 0 Å². The number of hydrogen-bond acceptors (Lipinski definition) is 3. The summed E-state index contributed by atoms with van der Waals surface area (Å²) in [5.41, 5.74) is 2.80. The zero-order valence-corrected chi connectivity index (χ0v) is 11.6. The Balaban J connectivity index is 2.52. The fraction of sp³-hybridized carbons (Fsp3) is 0.417. The highest BCUT2D eigenvalue weighted by Gasteiger charge is 2.06. The van der Waals surface area contributed by atoms with Gasteiger partial charge in [0.2, 0.25) is 15.9 Å². The molecule has 0 unspecified atom stereocenters. The van der Waals surface area contributed by atoms with Gasteiger partial charge < -0.3 is 5.32 Å². The van der Waals surface area contributed by atoms with Gasteiger partial charge >= 0.3 is 0 Å². The van der Waals surface area contributed by atoms with Crippen LogP contribution >= 0.6 is 0 Å². The van der Waals surface area contributed by atoms with Crippen LogP contribution < -0.4 is 10.0 Å². The first-order valence-electron chi connectivity index (χ1n) is 5.59. The van der Waals surface area contributed by atoms with E-state index in [1.54, 1.807) is 0 Å². The zero-order chi connectivity index (χ0) is 13.8. The molecule has 0 saturated heterocycles.